The van der Waals surface area contributed by atoms with Crippen molar-refractivity contribution in [2.24, 2.45) is 0 Å². The molecule has 0 fully saturated rings. The van der Waals surface area contributed by atoms with Gasteiger partial charge in [-0.15, -0.1) is 22.0 Å². The summed E-state index contributed by atoms with van der Waals surface area (Å²) in [6, 6.07) is 14.4. The molecule has 0 amide bonds. The molecular weight excluding hydrogens is 380 g/mol. The highest BCUT2D eigenvalue weighted by molar-refractivity contribution is 7.98. The molecule has 0 saturated carbocycles. The van der Waals surface area contributed by atoms with Crippen LogP contribution in [0.4, 0.5) is 0 Å². The summed E-state index contributed by atoms with van der Waals surface area (Å²) in [6.07, 6.45) is 0. The topological polar surface area (TPSA) is 52.2 Å². The van der Waals surface area contributed by atoms with E-state index in [4.69, 9.17) is 0 Å². The van der Waals surface area contributed by atoms with Gasteiger partial charge in [0.05, 0.1) is 16.7 Å². The zero-order chi connectivity index (χ0) is 20.8. The molecule has 0 unspecified atom stereocenters. The SMILES string of the molecule is CCn1c(=O)c2ccccc2n2c(CSc3cc(C(C)(C)C)ccc3C)nnc12. The smallest absolute Gasteiger partial charge is 0.262 e. The fourth-order valence-electron chi connectivity index (χ4n) is 3.56. The van der Waals surface area contributed by atoms with Gasteiger partial charge in [-0.3, -0.25) is 13.8 Å². The third kappa shape index (κ3) is 3.46. The number of thioether (sulfide) groups is 1. The van der Waals surface area contributed by atoms with E-state index in [1.54, 1.807) is 16.3 Å². The second kappa shape index (κ2) is 7.34. The molecule has 0 aliphatic rings. The third-order valence-electron chi connectivity index (χ3n) is 5.30. The van der Waals surface area contributed by atoms with Crippen LogP contribution in [0, 0.1) is 6.92 Å². The molecule has 2 heterocycles. The Bertz CT molecular complexity index is 1260. The lowest BCUT2D eigenvalue weighted by atomic mass is 9.87. The van der Waals surface area contributed by atoms with E-state index in [-0.39, 0.29) is 11.0 Å². The highest BCUT2D eigenvalue weighted by atomic mass is 32.2. The summed E-state index contributed by atoms with van der Waals surface area (Å²) in [5.74, 6) is 2.14. The summed E-state index contributed by atoms with van der Waals surface area (Å²) in [6.45, 7) is 11.4. The van der Waals surface area contributed by atoms with Crippen LogP contribution in [0.5, 0.6) is 0 Å². The Balaban J connectivity index is 1.79. The van der Waals surface area contributed by atoms with Gasteiger partial charge in [-0.2, -0.15) is 0 Å². The minimum absolute atomic E-state index is 0.0177. The van der Waals surface area contributed by atoms with Crippen LogP contribution in [-0.2, 0) is 17.7 Å². The molecule has 150 valence electrons. The zero-order valence-electron chi connectivity index (χ0n) is 17.6. The quantitative estimate of drug-likeness (QED) is 0.449. The predicted molar refractivity (Wildman–Crippen MR) is 120 cm³/mol. The number of hydrogen-bond donors (Lipinski definition) is 0. The van der Waals surface area contributed by atoms with Crippen LogP contribution in [0.25, 0.3) is 16.7 Å². The van der Waals surface area contributed by atoms with Crippen molar-refractivity contribution in [3.8, 4) is 0 Å². The van der Waals surface area contributed by atoms with Gasteiger partial charge in [0.25, 0.3) is 5.56 Å². The van der Waals surface area contributed by atoms with Crippen molar-refractivity contribution in [3.05, 3.63) is 69.8 Å². The minimum atomic E-state index is -0.0177. The molecule has 2 aromatic heterocycles. The highest BCUT2D eigenvalue weighted by Crippen LogP contribution is 2.31. The number of nitrogens with zero attached hydrogens (tertiary/aromatic N) is 4. The van der Waals surface area contributed by atoms with Crippen LogP contribution in [0.15, 0.2) is 52.2 Å². The molecule has 4 aromatic rings. The van der Waals surface area contributed by atoms with Crippen molar-refractivity contribution in [2.75, 3.05) is 0 Å². The first kappa shape index (κ1) is 19.7. The van der Waals surface area contributed by atoms with Gasteiger partial charge in [0.15, 0.2) is 0 Å². The average molecular weight is 407 g/mol. The Morgan fingerprint density at radius 3 is 2.55 bits per heavy atom. The van der Waals surface area contributed by atoms with Crippen LogP contribution in [0.1, 0.15) is 44.6 Å². The standard InChI is InChI=1S/C23H26N4OS/c1-6-26-21(28)17-9-7-8-10-18(17)27-20(24-25-22(26)27)14-29-19-13-16(23(3,4)5)12-11-15(19)2/h7-13H,6,14H2,1-5H3. The summed E-state index contributed by atoms with van der Waals surface area (Å²) in [5, 5.41) is 9.49. The largest absolute Gasteiger partial charge is 0.277 e. The van der Waals surface area contributed by atoms with Gasteiger partial charge in [-0.05, 0) is 48.6 Å². The average Bonchev–Trinajstić information content (AvgIpc) is 3.11. The fourth-order valence-corrected chi connectivity index (χ4v) is 4.53. The molecule has 0 spiro atoms. The van der Waals surface area contributed by atoms with Gasteiger partial charge in [0.2, 0.25) is 5.78 Å². The molecule has 4 rings (SSSR count). The van der Waals surface area contributed by atoms with Crippen LogP contribution < -0.4 is 5.56 Å². The first-order valence-corrected chi connectivity index (χ1v) is 10.9. The van der Waals surface area contributed by atoms with E-state index < -0.39 is 0 Å². The van der Waals surface area contributed by atoms with E-state index in [1.165, 1.54) is 16.0 Å². The molecule has 0 bridgehead atoms. The summed E-state index contributed by atoms with van der Waals surface area (Å²) >= 11 is 1.77. The van der Waals surface area contributed by atoms with E-state index in [2.05, 4.69) is 56.1 Å². The first-order valence-electron chi connectivity index (χ1n) is 9.90. The Morgan fingerprint density at radius 2 is 1.83 bits per heavy atom. The van der Waals surface area contributed by atoms with Gasteiger partial charge < -0.3 is 0 Å². The van der Waals surface area contributed by atoms with Gasteiger partial charge >= 0.3 is 0 Å². The minimum Gasteiger partial charge on any atom is -0.277 e. The Hall–Kier alpha value is -2.60. The van der Waals surface area contributed by atoms with Crippen molar-refractivity contribution >= 4 is 28.4 Å². The van der Waals surface area contributed by atoms with Crippen LogP contribution >= 0.6 is 11.8 Å². The first-order chi connectivity index (χ1) is 13.8. The van der Waals surface area contributed by atoms with Crippen molar-refractivity contribution in [2.45, 2.75) is 57.2 Å². The lowest BCUT2D eigenvalue weighted by molar-refractivity contribution is 0.588. The number of aryl methyl sites for hydroxylation is 2. The highest BCUT2D eigenvalue weighted by Gasteiger charge is 2.18. The fraction of sp³-hybridized carbons (Fsp3) is 0.348. The van der Waals surface area contributed by atoms with Gasteiger partial charge in [-0.1, -0.05) is 45.0 Å². The predicted octanol–water partition coefficient (Wildman–Crippen LogP) is 4.96. The number of aromatic nitrogens is 4. The summed E-state index contributed by atoms with van der Waals surface area (Å²) in [4.78, 5) is 14.1. The van der Waals surface area contributed by atoms with Crippen molar-refractivity contribution < 1.29 is 0 Å². The maximum atomic E-state index is 12.8. The normalized spacial score (nSPS) is 12.2. The Labute approximate surface area is 174 Å². The van der Waals surface area contributed by atoms with E-state index in [0.29, 0.717) is 23.5 Å². The molecule has 0 saturated heterocycles. The maximum Gasteiger partial charge on any atom is 0.262 e. The summed E-state index contributed by atoms with van der Waals surface area (Å²) < 4.78 is 3.71. The third-order valence-corrected chi connectivity index (χ3v) is 6.46. The van der Waals surface area contributed by atoms with Crippen molar-refractivity contribution in [1.29, 1.82) is 0 Å². The molecule has 0 aliphatic heterocycles. The Morgan fingerprint density at radius 1 is 1.07 bits per heavy atom. The van der Waals surface area contributed by atoms with Crippen molar-refractivity contribution in [3.63, 3.8) is 0 Å². The summed E-state index contributed by atoms with van der Waals surface area (Å²) in [5.41, 5.74) is 3.53. The van der Waals surface area contributed by atoms with Crippen LogP contribution in [-0.4, -0.2) is 19.2 Å². The molecule has 29 heavy (non-hydrogen) atoms. The van der Waals surface area contributed by atoms with E-state index in [0.717, 1.165) is 11.3 Å². The number of para-hydroxylation sites is 1. The molecular formula is C23H26N4OS. The molecule has 2 aromatic carbocycles. The van der Waals surface area contributed by atoms with E-state index >= 15 is 0 Å². The van der Waals surface area contributed by atoms with Crippen LogP contribution in [0.2, 0.25) is 0 Å². The molecule has 0 radical (unpaired) electrons. The number of rotatable bonds is 4. The summed E-state index contributed by atoms with van der Waals surface area (Å²) in [7, 11) is 0. The second-order valence-corrected chi connectivity index (χ2v) is 9.35. The van der Waals surface area contributed by atoms with E-state index in [1.807, 2.05) is 35.6 Å². The van der Waals surface area contributed by atoms with Gasteiger partial charge in [0, 0.05) is 11.4 Å². The lowest BCUT2D eigenvalue weighted by Gasteiger charge is -2.20. The Kier molecular flexibility index (Phi) is 4.99. The number of hydrogen-bond acceptors (Lipinski definition) is 4. The lowest BCUT2D eigenvalue weighted by Crippen LogP contribution is -2.22. The molecule has 0 aliphatic carbocycles. The van der Waals surface area contributed by atoms with Crippen LogP contribution in [0.3, 0.4) is 0 Å². The van der Waals surface area contributed by atoms with Crippen molar-refractivity contribution in [1.82, 2.24) is 19.2 Å². The molecule has 0 N–H and O–H groups in total. The van der Waals surface area contributed by atoms with Gasteiger partial charge in [0.1, 0.15) is 5.82 Å². The second-order valence-electron chi connectivity index (χ2n) is 8.34. The maximum absolute atomic E-state index is 12.8. The molecule has 0 atom stereocenters. The number of fused-ring (bicyclic) bond motifs is 3. The zero-order valence-corrected chi connectivity index (χ0v) is 18.4. The van der Waals surface area contributed by atoms with Gasteiger partial charge in [-0.25, -0.2) is 0 Å². The molecule has 6 heteroatoms. The number of benzene rings is 2. The van der Waals surface area contributed by atoms with E-state index in [9.17, 15) is 4.79 Å². The molecule has 5 nitrogen and oxygen atoms in total. The monoisotopic (exact) mass is 406 g/mol.